The molecule has 1 aliphatic heterocycles. The topological polar surface area (TPSA) is 82.2 Å². The summed E-state index contributed by atoms with van der Waals surface area (Å²) in [5, 5.41) is 8.54. The van der Waals surface area contributed by atoms with E-state index in [0.29, 0.717) is 19.1 Å². The van der Waals surface area contributed by atoms with E-state index in [9.17, 15) is 8.42 Å². The monoisotopic (exact) mass is 297 g/mol. The third-order valence-electron chi connectivity index (χ3n) is 3.63. The SMILES string of the molecule is CN(CCC#N)S(=O)(=O)N1CCC(n2ccnc2)CC1. The van der Waals surface area contributed by atoms with E-state index in [1.807, 2.05) is 16.8 Å². The fraction of sp³-hybridized carbons (Fsp3) is 0.667. The molecule has 1 aromatic rings. The second-order valence-corrected chi connectivity index (χ2v) is 6.91. The van der Waals surface area contributed by atoms with Crippen LogP contribution in [0, 0.1) is 11.3 Å². The molecule has 1 aromatic heterocycles. The van der Waals surface area contributed by atoms with Crippen LogP contribution in [0.15, 0.2) is 18.7 Å². The predicted molar refractivity (Wildman–Crippen MR) is 73.9 cm³/mol. The van der Waals surface area contributed by atoms with E-state index in [1.54, 1.807) is 12.5 Å². The lowest BCUT2D eigenvalue weighted by molar-refractivity contribution is 0.259. The van der Waals surface area contributed by atoms with E-state index in [4.69, 9.17) is 5.26 Å². The van der Waals surface area contributed by atoms with Crippen molar-refractivity contribution >= 4 is 10.2 Å². The van der Waals surface area contributed by atoms with Crippen molar-refractivity contribution in [2.75, 3.05) is 26.7 Å². The number of nitriles is 1. The Kier molecular flexibility index (Phi) is 4.75. The van der Waals surface area contributed by atoms with Crippen LogP contribution in [0.4, 0.5) is 0 Å². The Bertz CT molecular complexity index is 555. The molecule has 0 amide bonds. The van der Waals surface area contributed by atoms with Gasteiger partial charge < -0.3 is 4.57 Å². The zero-order valence-electron chi connectivity index (χ0n) is 11.5. The van der Waals surface area contributed by atoms with E-state index in [0.717, 1.165) is 12.8 Å². The van der Waals surface area contributed by atoms with Gasteiger partial charge in [0.25, 0.3) is 10.2 Å². The van der Waals surface area contributed by atoms with Crippen LogP contribution in [0.1, 0.15) is 25.3 Å². The maximum absolute atomic E-state index is 12.3. The molecule has 2 heterocycles. The summed E-state index contributed by atoms with van der Waals surface area (Å²) in [6, 6.07) is 2.28. The van der Waals surface area contributed by atoms with Crippen LogP contribution >= 0.6 is 0 Å². The van der Waals surface area contributed by atoms with E-state index in [1.165, 1.54) is 15.7 Å². The Morgan fingerprint density at radius 3 is 2.70 bits per heavy atom. The molecule has 110 valence electrons. The molecule has 0 bridgehead atoms. The minimum absolute atomic E-state index is 0.210. The second kappa shape index (κ2) is 6.35. The van der Waals surface area contributed by atoms with Gasteiger partial charge in [-0.15, -0.1) is 0 Å². The van der Waals surface area contributed by atoms with Gasteiger partial charge in [-0.05, 0) is 12.8 Å². The van der Waals surface area contributed by atoms with Crippen molar-refractivity contribution in [2.24, 2.45) is 0 Å². The summed E-state index contributed by atoms with van der Waals surface area (Å²) in [7, 11) is -1.91. The van der Waals surface area contributed by atoms with Gasteiger partial charge in [-0.2, -0.15) is 22.3 Å². The largest absolute Gasteiger partial charge is 0.334 e. The van der Waals surface area contributed by atoms with Crippen LogP contribution in [-0.2, 0) is 10.2 Å². The van der Waals surface area contributed by atoms with Gasteiger partial charge in [0.1, 0.15) is 0 Å². The van der Waals surface area contributed by atoms with Crippen LogP contribution in [0.5, 0.6) is 0 Å². The molecule has 2 rings (SSSR count). The van der Waals surface area contributed by atoms with Gasteiger partial charge in [0.05, 0.1) is 12.4 Å². The van der Waals surface area contributed by atoms with Crippen LogP contribution in [0.25, 0.3) is 0 Å². The summed E-state index contributed by atoms with van der Waals surface area (Å²) in [4.78, 5) is 4.02. The fourth-order valence-electron chi connectivity index (χ4n) is 2.38. The molecule has 0 atom stereocenters. The first-order chi connectivity index (χ1) is 9.55. The molecular weight excluding hydrogens is 278 g/mol. The number of piperidine rings is 1. The highest BCUT2D eigenvalue weighted by atomic mass is 32.2. The van der Waals surface area contributed by atoms with Crippen molar-refractivity contribution in [2.45, 2.75) is 25.3 Å². The number of hydrogen-bond acceptors (Lipinski definition) is 4. The Balaban J connectivity index is 1.94. The lowest BCUT2D eigenvalue weighted by Crippen LogP contribution is -2.46. The maximum Gasteiger partial charge on any atom is 0.281 e. The standard InChI is InChI=1S/C12H19N5O2S/c1-15(7-2-5-13)20(18,19)17-8-3-12(4-9-17)16-10-6-14-11-16/h6,10-12H,2-4,7-9H2,1H3. The van der Waals surface area contributed by atoms with E-state index < -0.39 is 10.2 Å². The summed E-state index contributed by atoms with van der Waals surface area (Å²) in [5.41, 5.74) is 0. The lowest BCUT2D eigenvalue weighted by Gasteiger charge is -2.33. The highest BCUT2D eigenvalue weighted by molar-refractivity contribution is 7.86. The van der Waals surface area contributed by atoms with E-state index in [2.05, 4.69) is 4.98 Å². The van der Waals surface area contributed by atoms with E-state index >= 15 is 0 Å². The first kappa shape index (κ1) is 15.0. The first-order valence-corrected chi connectivity index (χ1v) is 8.01. The predicted octanol–water partition coefficient (Wildman–Crippen LogP) is 0.610. The first-order valence-electron chi connectivity index (χ1n) is 6.61. The Morgan fingerprint density at radius 2 is 2.15 bits per heavy atom. The molecule has 0 spiro atoms. The van der Waals surface area contributed by atoms with Crippen LogP contribution in [-0.4, -0.2) is 53.3 Å². The van der Waals surface area contributed by atoms with Crippen LogP contribution in [0.2, 0.25) is 0 Å². The molecule has 20 heavy (non-hydrogen) atoms. The van der Waals surface area contributed by atoms with Crippen LogP contribution in [0.3, 0.4) is 0 Å². The molecule has 0 radical (unpaired) electrons. The second-order valence-electron chi connectivity index (χ2n) is 4.88. The van der Waals surface area contributed by atoms with Gasteiger partial charge in [0.15, 0.2) is 0 Å². The van der Waals surface area contributed by atoms with Gasteiger partial charge in [-0.25, -0.2) is 4.98 Å². The number of aromatic nitrogens is 2. The summed E-state index contributed by atoms with van der Waals surface area (Å²) in [5.74, 6) is 0. The minimum Gasteiger partial charge on any atom is -0.334 e. The van der Waals surface area contributed by atoms with Crippen LogP contribution < -0.4 is 0 Å². The quantitative estimate of drug-likeness (QED) is 0.797. The molecule has 1 fully saturated rings. The van der Waals surface area contributed by atoms with Gasteiger partial charge in [-0.3, -0.25) is 0 Å². The molecule has 0 saturated carbocycles. The van der Waals surface area contributed by atoms with Crippen molar-refractivity contribution in [1.82, 2.24) is 18.2 Å². The Morgan fingerprint density at radius 1 is 1.45 bits per heavy atom. The number of nitrogens with zero attached hydrogens (tertiary/aromatic N) is 5. The smallest absolute Gasteiger partial charge is 0.281 e. The molecular formula is C12H19N5O2S. The molecule has 0 aromatic carbocycles. The molecule has 1 saturated heterocycles. The molecule has 1 aliphatic rings. The summed E-state index contributed by atoms with van der Waals surface area (Å²) in [6.07, 6.45) is 7.19. The van der Waals surface area contributed by atoms with Gasteiger partial charge >= 0.3 is 0 Å². The van der Waals surface area contributed by atoms with Gasteiger partial charge in [-0.1, -0.05) is 0 Å². The van der Waals surface area contributed by atoms with Gasteiger partial charge in [0, 0.05) is 51.5 Å². The van der Waals surface area contributed by atoms with Crippen molar-refractivity contribution in [1.29, 1.82) is 5.26 Å². The summed E-state index contributed by atoms with van der Waals surface area (Å²) < 4.78 is 29.4. The highest BCUT2D eigenvalue weighted by Crippen LogP contribution is 2.24. The third kappa shape index (κ3) is 3.17. The molecule has 8 heteroatoms. The third-order valence-corrected chi connectivity index (χ3v) is 5.62. The lowest BCUT2D eigenvalue weighted by atomic mass is 10.1. The number of hydrogen-bond donors (Lipinski definition) is 0. The average molecular weight is 297 g/mol. The number of imidazole rings is 1. The average Bonchev–Trinajstić information content (AvgIpc) is 2.99. The Hall–Kier alpha value is -1.43. The maximum atomic E-state index is 12.3. The number of rotatable bonds is 5. The minimum atomic E-state index is -3.44. The zero-order chi connectivity index (χ0) is 14.6. The van der Waals surface area contributed by atoms with E-state index in [-0.39, 0.29) is 13.0 Å². The molecule has 0 aliphatic carbocycles. The normalized spacial score (nSPS) is 18.2. The molecule has 0 unspecified atom stereocenters. The summed E-state index contributed by atoms with van der Waals surface area (Å²) in [6.45, 7) is 1.24. The van der Waals surface area contributed by atoms with Crippen molar-refractivity contribution in [3.63, 3.8) is 0 Å². The fourth-order valence-corrected chi connectivity index (χ4v) is 3.76. The highest BCUT2D eigenvalue weighted by Gasteiger charge is 2.31. The van der Waals surface area contributed by atoms with Crippen molar-refractivity contribution in [3.8, 4) is 6.07 Å². The van der Waals surface area contributed by atoms with Crippen molar-refractivity contribution < 1.29 is 8.42 Å². The summed E-state index contributed by atoms with van der Waals surface area (Å²) >= 11 is 0. The zero-order valence-corrected chi connectivity index (χ0v) is 12.3. The van der Waals surface area contributed by atoms with Crippen molar-refractivity contribution in [3.05, 3.63) is 18.7 Å². The Labute approximate surface area is 119 Å². The molecule has 7 nitrogen and oxygen atoms in total. The van der Waals surface area contributed by atoms with Gasteiger partial charge in [0.2, 0.25) is 0 Å². The molecule has 0 N–H and O–H groups in total.